The molecule has 0 fully saturated rings. The Bertz CT molecular complexity index is 380. The molecule has 0 N–H and O–H groups in total. The lowest BCUT2D eigenvalue weighted by atomic mass is 10.2. The van der Waals surface area contributed by atoms with Gasteiger partial charge in [-0.15, -0.1) is 0 Å². The third-order valence-electron chi connectivity index (χ3n) is 1.69. The van der Waals surface area contributed by atoms with Crippen LogP contribution in [-0.2, 0) is 4.29 Å². The van der Waals surface area contributed by atoms with Crippen LogP contribution in [0.25, 0.3) is 0 Å². The molecule has 0 saturated carbocycles. The van der Waals surface area contributed by atoms with Gasteiger partial charge >= 0.3 is 6.48 Å². The molecule has 6 heteroatoms. The predicted octanol–water partition coefficient (Wildman–Crippen LogP) is 2.29. The molecular weight excluding hydrogens is 231 g/mol. The maximum Gasteiger partial charge on any atom is 0.377 e. The Balaban J connectivity index is 2.31. The summed E-state index contributed by atoms with van der Waals surface area (Å²) in [6, 6.07) is 4.54. The van der Waals surface area contributed by atoms with E-state index in [4.69, 9.17) is 32.9 Å². The van der Waals surface area contributed by atoms with E-state index in [1.54, 1.807) is 6.07 Å². The van der Waals surface area contributed by atoms with Crippen molar-refractivity contribution in [3.05, 3.63) is 23.8 Å². The number of rotatable bonds is 2. The van der Waals surface area contributed by atoms with Crippen LogP contribution in [0.15, 0.2) is 18.2 Å². The standard InChI is InChI=1S/C8H4Cl2O4/c9-7(11)4-1-2-5-6(3-4)13-8(12-5)14-10/h1-3,8H. The highest BCUT2D eigenvalue weighted by molar-refractivity contribution is 6.67. The summed E-state index contributed by atoms with van der Waals surface area (Å²) in [6.45, 7) is -0.979. The van der Waals surface area contributed by atoms with Crippen LogP contribution in [0.5, 0.6) is 11.5 Å². The lowest BCUT2D eigenvalue weighted by Gasteiger charge is -2.02. The third-order valence-corrected chi connectivity index (χ3v) is 2.05. The normalized spacial score (nSPS) is 18.3. The molecule has 0 saturated heterocycles. The van der Waals surface area contributed by atoms with Crippen molar-refractivity contribution in [1.29, 1.82) is 0 Å². The number of hydrogen-bond acceptors (Lipinski definition) is 4. The van der Waals surface area contributed by atoms with E-state index in [-0.39, 0.29) is 0 Å². The van der Waals surface area contributed by atoms with Crippen molar-refractivity contribution in [3.8, 4) is 11.5 Å². The summed E-state index contributed by atoms with van der Waals surface area (Å²) in [7, 11) is 0. The third kappa shape index (κ3) is 1.64. The second kappa shape index (κ2) is 3.65. The molecule has 1 aliphatic rings. The number of ether oxygens (including phenoxy) is 2. The van der Waals surface area contributed by atoms with Gasteiger partial charge in [-0.2, -0.15) is 4.29 Å². The molecule has 1 atom stereocenters. The minimum atomic E-state index is -0.979. The Morgan fingerprint density at radius 2 is 2.07 bits per heavy atom. The molecule has 1 unspecified atom stereocenters. The highest BCUT2D eigenvalue weighted by Crippen LogP contribution is 2.36. The molecule has 74 valence electrons. The van der Waals surface area contributed by atoms with E-state index in [0.29, 0.717) is 17.1 Å². The summed E-state index contributed by atoms with van der Waals surface area (Å²) in [5.74, 6) is 0.833. The number of carbonyl (C=O) groups excluding carboxylic acids is 1. The van der Waals surface area contributed by atoms with Gasteiger partial charge in [-0.1, -0.05) is 0 Å². The van der Waals surface area contributed by atoms with Gasteiger partial charge in [-0.25, -0.2) is 0 Å². The molecule has 0 radical (unpaired) electrons. The SMILES string of the molecule is O=C(Cl)c1ccc2c(c1)OC(OCl)O2. The van der Waals surface area contributed by atoms with Gasteiger partial charge in [0.1, 0.15) is 0 Å². The molecule has 4 nitrogen and oxygen atoms in total. The lowest BCUT2D eigenvalue weighted by Crippen LogP contribution is -2.17. The van der Waals surface area contributed by atoms with Crippen molar-refractivity contribution >= 4 is 28.7 Å². The van der Waals surface area contributed by atoms with Gasteiger partial charge < -0.3 is 9.47 Å². The first-order valence-corrected chi connectivity index (χ1v) is 4.34. The fraction of sp³-hybridized carbons (Fsp3) is 0.125. The molecule has 14 heavy (non-hydrogen) atoms. The van der Waals surface area contributed by atoms with Crippen molar-refractivity contribution in [2.24, 2.45) is 0 Å². The van der Waals surface area contributed by atoms with E-state index in [2.05, 4.69) is 4.29 Å². The van der Waals surface area contributed by atoms with E-state index >= 15 is 0 Å². The second-order valence-electron chi connectivity index (χ2n) is 2.55. The second-order valence-corrected chi connectivity index (χ2v) is 3.07. The Hall–Kier alpha value is -0.970. The summed E-state index contributed by atoms with van der Waals surface area (Å²) in [5.41, 5.74) is 0.323. The molecule has 1 heterocycles. The van der Waals surface area contributed by atoms with Crippen molar-refractivity contribution in [2.45, 2.75) is 6.48 Å². The number of halogens is 2. The van der Waals surface area contributed by atoms with Crippen molar-refractivity contribution in [1.82, 2.24) is 0 Å². The van der Waals surface area contributed by atoms with Gasteiger partial charge in [0.2, 0.25) is 0 Å². The number of benzene rings is 1. The molecular formula is C8H4Cl2O4. The first kappa shape index (κ1) is 9.58. The quantitative estimate of drug-likeness (QED) is 0.737. The van der Waals surface area contributed by atoms with Crippen molar-refractivity contribution in [2.75, 3.05) is 0 Å². The van der Waals surface area contributed by atoms with Gasteiger partial charge in [-0.3, -0.25) is 4.79 Å². The minimum absolute atomic E-state index is 0.323. The molecule has 1 aromatic rings. The highest BCUT2D eigenvalue weighted by Gasteiger charge is 2.25. The average molecular weight is 235 g/mol. The van der Waals surface area contributed by atoms with Crippen LogP contribution in [0.1, 0.15) is 10.4 Å². The van der Waals surface area contributed by atoms with Gasteiger partial charge in [0, 0.05) is 5.56 Å². The number of carbonyl (C=O) groups is 1. The predicted molar refractivity (Wildman–Crippen MR) is 48.6 cm³/mol. The fourth-order valence-corrected chi connectivity index (χ4v) is 1.28. The van der Waals surface area contributed by atoms with E-state index in [1.165, 1.54) is 12.1 Å². The van der Waals surface area contributed by atoms with Gasteiger partial charge in [0.05, 0.1) is 11.9 Å². The van der Waals surface area contributed by atoms with Gasteiger partial charge in [-0.05, 0) is 29.8 Å². The maximum atomic E-state index is 10.8. The number of hydrogen-bond donors (Lipinski definition) is 0. The molecule has 0 amide bonds. The van der Waals surface area contributed by atoms with E-state index in [0.717, 1.165) is 0 Å². The monoisotopic (exact) mass is 234 g/mol. The fourth-order valence-electron chi connectivity index (χ4n) is 1.09. The average Bonchev–Trinajstić information content (AvgIpc) is 2.58. The summed E-state index contributed by atoms with van der Waals surface area (Å²) < 4.78 is 14.4. The zero-order chi connectivity index (χ0) is 10.1. The summed E-state index contributed by atoms with van der Waals surface area (Å²) in [4.78, 5) is 10.8. The Morgan fingerprint density at radius 3 is 2.71 bits per heavy atom. The molecule has 0 aromatic heterocycles. The summed E-state index contributed by atoms with van der Waals surface area (Å²) in [5, 5.41) is -0.563. The van der Waals surface area contributed by atoms with E-state index in [9.17, 15) is 4.79 Å². The molecule has 0 bridgehead atoms. The van der Waals surface area contributed by atoms with Crippen LogP contribution in [0.4, 0.5) is 0 Å². The Labute approximate surface area is 89.4 Å². The first-order valence-electron chi connectivity index (χ1n) is 3.65. The minimum Gasteiger partial charge on any atom is -0.427 e. The van der Waals surface area contributed by atoms with Crippen LogP contribution in [0.3, 0.4) is 0 Å². The van der Waals surface area contributed by atoms with Crippen LogP contribution in [0, 0.1) is 0 Å². The molecule has 0 spiro atoms. The topological polar surface area (TPSA) is 44.8 Å². The van der Waals surface area contributed by atoms with E-state index in [1.807, 2.05) is 0 Å². The molecule has 1 aromatic carbocycles. The van der Waals surface area contributed by atoms with E-state index < -0.39 is 11.7 Å². The zero-order valence-corrected chi connectivity index (χ0v) is 8.21. The maximum absolute atomic E-state index is 10.8. The van der Waals surface area contributed by atoms with Crippen LogP contribution >= 0.6 is 23.5 Å². The van der Waals surface area contributed by atoms with Crippen molar-refractivity contribution in [3.63, 3.8) is 0 Å². The summed E-state index contributed by atoms with van der Waals surface area (Å²) >= 11 is 10.3. The molecule has 2 rings (SSSR count). The highest BCUT2D eigenvalue weighted by atomic mass is 35.5. The van der Waals surface area contributed by atoms with Gasteiger partial charge in [0.25, 0.3) is 5.24 Å². The van der Waals surface area contributed by atoms with Crippen molar-refractivity contribution < 1.29 is 18.6 Å². The molecule has 0 aliphatic carbocycles. The van der Waals surface area contributed by atoms with Crippen LogP contribution in [0.2, 0.25) is 0 Å². The first-order chi connectivity index (χ1) is 6.70. The largest absolute Gasteiger partial charge is 0.427 e. The zero-order valence-electron chi connectivity index (χ0n) is 6.70. The smallest absolute Gasteiger partial charge is 0.377 e. The van der Waals surface area contributed by atoms with Crippen LogP contribution in [-0.4, -0.2) is 11.7 Å². The van der Waals surface area contributed by atoms with Gasteiger partial charge in [0.15, 0.2) is 11.5 Å². The lowest BCUT2D eigenvalue weighted by molar-refractivity contribution is -0.108. The summed E-state index contributed by atoms with van der Waals surface area (Å²) in [6.07, 6.45) is 0. The van der Waals surface area contributed by atoms with Crippen LogP contribution < -0.4 is 9.47 Å². The number of fused-ring (bicyclic) bond motifs is 1. The Kier molecular flexibility index (Phi) is 2.50. The molecule has 1 aliphatic heterocycles. The Morgan fingerprint density at radius 1 is 1.36 bits per heavy atom.